The van der Waals surface area contributed by atoms with Crippen molar-refractivity contribution in [2.45, 2.75) is 183 Å². The lowest BCUT2D eigenvalue weighted by atomic mass is 9.81. The molecule has 0 saturated carbocycles. The van der Waals surface area contributed by atoms with Crippen LogP contribution in [0.2, 0.25) is 0 Å². The van der Waals surface area contributed by atoms with Gasteiger partial charge in [0.15, 0.2) is 0 Å². The highest BCUT2D eigenvalue weighted by Gasteiger charge is 2.39. The van der Waals surface area contributed by atoms with Crippen LogP contribution in [-0.4, -0.2) is 50.1 Å². The molecule has 6 aromatic carbocycles. The van der Waals surface area contributed by atoms with Gasteiger partial charge >= 0.3 is 0 Å². The fourth-order valence-corrected chi connectivity index (χ4v) is 11.7. The minimum absolute atomic E-state index is 0.314. The number of anilines is 2. The Morgan fingerprint density at radius 2 is 0.561 bits per heavy atom. The van der Waals surface area contributed by atoms with Crippen LogP contribution < -0.4 is 28.7 Å². The van der Waals surface area contributed by atoms with Crippen molar-refractivity contribution < 1.29 is 38.1 Å². The van der Waals surface area contributed by atoms with Gasteiger partial charge in [-0.3, -0.25) is 19.2 Å². The van der Waals surface area contributed by atoms with Crippen molar-refractivity contribution in [2.75, 3.05) is 36.2 Å². The Morgan fingerprint density at radius 1 is 0.341 bits per heavy atom. The molecule has 0 aromatic heterocycles. The van der Waals surface area contributed by atoms with Gasteiger partial charge < -0.3 is 18.9 Å². The van der Waals surface area contributed by atoms with Crippen LogP contribution in [0, 0.1) is 0 Å². The van der Waals surface area contributed by atoms with E-state index in [1.807, 2.05) is 24.3 Å². The lowest BCUT2D eigenvalue weighted by molar-refractivity contribution is 0.0910. The van der Waals surface area contributed by atoms with E-state index in [1.54, 1.807) is 48.5 Å². The van der Waals surface area contributed by atoms with Crippen LogP contribution in [0.15, 0.2) is 97.1 Å². The van der Waals surface area contributed by atoms with Crippen molar-refractivity contribution in [2.24, 2.45) is 0 Å². The monoisotopic (exact) mass is 1110 g/mol. The summed E-state index contributed by atoms with van der Waals surface area (Å²) in [5.41, 5.74) is 11.1. The third-order valence-electron chi connectivity index (χ3n) is 16.3. The number of hydrogen-bond acceptors (Lipinski definition) is 8. The van der Waals surface area contributed by atoms with Crippen molar-refractivity contribution in [1.29, 1.82) is 0 Å². The maximum Gasteiger partial charge on any atom is 0.266 e. The van der Waals surface area contributed by atoms with E-state index in [9.17, 15) is 19.2 Å². The number of imide groups is 2. The molecule has 0 atom stereocenters. The minimum atomic E-state index is -0.361. The van der Waals surface area contributed by atoms with Crippen molar-refractivity contribution >= 4 is 35.0 Å². The molecule has 1 aliphatic carbocycles. The lowest BCUT2D eigenvalue weighted by Crippen LogP contribution is -2.29. The number of fused-ring (bicyclic) bond motifs is 10. The second-order valence-electron chi connectivity index (χ2n) is 24.8. The Kier molecular flexibility index (Phi) is 18.8. The fourth-order valence-electron chi connectivity index (χ4n) is 11.7. The second kappa shape index (κ2) is 25.9. The van der Waals surface area contributed by atoms with Gasteiger partial charge in [0.25, 0.3) is 23.6 Å². The van der Waals surface area contributed by atoms with E-state index >= 15 is 0 Å². The number of unbranched alkanes of at least 4 members (excludes halogenated alkanes) is 8. The summed E-state index contributed by atoms with van der Waals surface area (Å²) in [6.07, 6.45) is 12.9. The minimum Gasteiger partial charge on any atom is -0.493 e. The summed E-state index contributed by atoms with van der Waals surface area (Å²) in [7, 11) is 0. The van der Waals surface area contributed by atoms with E-state index in [0.717, 1.165) is 156 Å². The number of rotatable bonds is 22. The van der Waals surface area contributed by atoms with Gasteiger partial charge in [-0.25, -0.2) is 9.80 Å². The maximum atomic E-state index is 14.6. The highest BCUT2D eigenvalue weighted by molar-refractivity contribution is 6.35. The zero-order valence-corrected chi connectivity index (χ0v) is 50.5. The number of amides is 4. The number of hydrogen-bond donors (Lipinski definition) is 0. The average Bonchev–Trinajstić information content (AvgIpc) is 3.71. The zero-order chi connectivity index (χ0) is 58.3. The molecule has 82 heavy (non-hydrogen) atoms. The third-order valence-corrected chi connectivity index (χ3v) is 16.3. The van der Waals surface area contributed by atoms with E-state index in [1.165, 1.54) is 9.80 Å². The molecule has 8 bridgehead atoms. The van der Waals surface area contributed by atoms with E-state index < -0.39 is 0 Å². The van der Waals surface area contributed by atoms with E-state index in [0.29, 0.717) is 85.7 Å². The Labute approximate surface area is 487 Å². The van der Waals surface area contributed by atoms with Crippen molar-refractivity contribution in [3.05, 3.63) is 175 Å². The van der Waals surface area contributed by atoms with Crippen molar-refractivity contribution in [1.82, 2.24) is 0 Å². The van der Waals surface area contributed by atoms with Crippen LogP contribution in [0.5, 0.6) is 23.0 Å². The molecule has 6 aromatic rings. The maximum absolute atomic E-state index is 14.6. The average molecular weight is 1110 g/mol. The smallest absolute Gasteiger partial charge is 0.266 e. The second-order valence-corrected chi connectivity index (χ2v) is 24.8. The number of carbonyl (C=O) groups excluding carboxylic acids is 4. The summed E-state index contributed by atoms with van der Waals surface area (Å²) < 4.78 is 28.6. The molecule has 9 rings (SSSR count). The fraction of sp³-hybridized carbons (Fsp3) is 0.444. The van der Waals surface area contributed by atoms with Crippen LogP contribution >= 0.6 is 0 Å². The summed E-state index contributed by atoms with van der Waals surface area (Å²) in [6, 6.07) is 31.2. The van der Waals surface area contributed by atoms with Gasteiger partial charge in [0.05, 0.1) is 60.1 Å². The standard InChI is InChI=1S/C72H86N2O8/c1-11-15-23-31-79-63-47-35-51-43-57(73-67(75)59-27-19-20-28-60(59)68(73)76)45-53(65(51)81-33-25-17-13-3)37-49-41-56(72(8,9)10)42-50(64(49)80-32-24-16-12-2)38-54-46-58(74-69(77)61-29-21-22-30-62(61)70(74)78)44-52(66(54)82-34-26-18-14-4)36-48(63)40-55(39-47)71(5,6)7/h19-22,27-30,39-46H,11-18,23-26,31-38H2,1-10H3. The summed E-state index contributed by atoms with van der Waals surface area (Å²) >= 11 is 0. The van der Waals surface area contributed by atoms with E-state index in [2.05, 4.69) is 93.5 Å². The first-order valence-electron chi connectivity index (χ1n) is 30.6. The molecule has 0 N–H and O–H groups in total. The Hall–Kier alpha value is -7.20. The van der Waals surface area contributed by atoms with Gasteiger partial charge in [-0.05, 0) is 118 Å². The topological polar surface area (TPSA) is 112 Å². The molecule has 0 radical (unpaired) electrons. The lowest BCUT2D eigenvalue weighted by Gasteiger charge is -2.28. The normalized spacial score (nSPS) is 14.1. The molecule has 2 aliphatic heterocycles. The molecule has 432 valence electrons. The van der Waals surface area contributed by atoms with Crippen molar-refractivity contribution in [3.63, 3.8) is 0 Å². The van der Waals surface area contributed by atoms with Crippen LogP contribution in [0.1, 0.15) is 243 Å². The van der Waals surface area contributed by atoms with Crippen molar-refractivity contribution in [3.8, 4) is 23.0 Å². The van der Waals surface area contributed by atoms with Gasteiger partial charge in [-0.2, -0.15) is 0 Å². The molecular formula is C72H86N2O8. The first kappa shape index (κ1) is 59.4. The molecule has 0 spiro atoms. The SMILES string of the molecule is CCCCCOc1c2cc(N3C(=O)c4ccccc4C3=O)cc1Cc1cc(C(C)(C)C)cc(c1OCCCCC)Cc1cc(N3C(=O)c4ccccc4C3=O)cc(c1OCCCCC)Cc1cc(C(C)(C)C)cc(c1OCCCCC)C2. The quantitative estimate of drug-likeness (QED) is 0.0487. The Bertz CT molecular complexity index is 2950. The zero-order valence-electron chi connectivity index (χ0n) is 50.5. The number of ether oxygens (including phenoxy) is 4. The molecule has 0 saturated heterocycles. The van der Waals surface area contributed by atoms with Crippen LogP contribution in [0.4, 0.5) is 11.4 Å². The predicted molar refractivity (Wildman–Crippen MR) is 330 cm³/mol. The van der Waals surface area contributed by atoms with Gasteiger partial charge in [0.2, 0.25) is 0 Å². The first-order valence-corrected chi connectivity index (χ1v) is 30.6. The Morgan fingerprint density at radius 3 is 0.768 bits per heavy atom. The molecule has 0 fully saturated rings. The third kappa shape index (κ3) is 12.9. The molecule has 10 nitrogen and oxygen atoms in total. The van der Waals surface area contributed by atoms with E-state index in [4.69, 9.17) is 18.9 Å². The first-order chi connectivity index (χ1) is 39.4. The van der Waals surface area contributed by atoms with Gasteiger partial charge in [0, 0.05) is 47.9 Å². The van der Waals surface area contributed by atoms with Gasteiger partial charge in [-0.15, -0.1) is 0 Å². The summed E-state index contributed by atoms with van der Waals surface area (Å²) in [5.74, 6) is 1.49. The summed E-state index contributed by atoms with van der Waals surface area (Å²) in [6.45, 7) is 24.0. The summed E-state index contributed by atoms with van der Waals surface area (Å²) in [5, 5.41) is 0. The molecule has 4 amide bonds. The molecule has 0 unspecified atom stereocenters. The van der Waals surface area contributed by atoms with Crippen LogP contribution in [-0.2, 0) is 36.5 Å². The Balaban J connectivity index is 1.39. The predicted octanol–water partition coefficient (Wildman–Crippen LogP) is 16.8. The molecule has 10 heteroatoms. The molecule has 3 aliphatic rings. The number of carbonyl (C=O) groups is 4. The number of nitrogens with zero attached hydrogens (tertiary/aromatic N) is 2. The van der Waals surface area contributed by atoms with Gasteiger partial charge in [0.1, 0.15) is 23.0 Å². The highest BCUT2D eigenvalue weighted by atomic mass is 16.5. The van der Waals surface area contributed by atoms with Gasteiger partial charge in [-0.1, -0.05) is 169 Å². The van der Waals surface area contributed by atoms with Crippen LogP contribution in [0.3, 0.4) is 0 Å². The van der Waals surface area contributed by atoms with E-state index in [-0.39, 0.29) is 34.5 Å². The highest BCUT2D eigenvalue weighted by Crippen LogP contribution is 2.46. The van der Waals surface area contributed by atoms with Crippen LogP contribution in [0.25, 0.3) is 0 Å². The number of benzene rings is 6. The molecular weight excluding hydrogens is 1020 g/mol. The largest absolute Gasteiger partial charge is 0.493 e. The molecule has 2 heterocycles. The summed E-state index contributed by atoms with van der Waals surface area (Å²) in [4.78, 5) is 61.2.